The molecule has 0 saturated carbocycles. The first kappa shape index (κ1) is 15.2. The standard InChI is InChI=1S/C13H15FN2O5/c1-7-2-3-15(6-12(7)17)10-5-9(14)8(13(18)19)4-11(10)16(20)21/h4-5,7,12,17H,2-3,6H2,1H3,(H,18,19). The van der Waals surface area contributed by atoms with Gasteiger partial charge in [0.25, 0.3) is 5.69 Å². The number of hydrogen-bond donors (Lipinski definition) is 2. The highest BCUT2D eigenvalue weighted by atomic mass is 19.1. The van der Waals surface area contributed by atoms with Crippen LogP contribution in [0.2, 0.25) is 0 Å². The summed E-state index contributed by atoms with van der Waals surface area (Å²) in [5.74, 6) is -2.53. The van der Waals surface area contributed by atoms with Crippen molar-refractivity contribution in [1.82, 2.24) is 0 Å². The van der Waals surface area contributed by atoms with Crippen LogP contribution in [0.5, 0.6) is 0 Å². The van der Waals surface area contributed by atoms with Gasteiger partial charge in [0.15, 0.2) is 0 Å². The van der Waals surface area contributed by atoms with Gasteiger partial charge in [-0.1, -0.05) is 6.92 Å². The lowest BCUT2D eigenvalue weighted by Gasteiger charge is -2.35. The van der Waals surface area contributed by atoms with Crippen molar-refractivity contribution in [3.05, 3.63) is 33.6 Å². The molecule has 0 radical (unpaired) electrons. The minimum absolute atomic E-state index is 0.00606. The summed E-state index contributed by atoms with van der Waals surface area (Å²) in [5, 5.41) is 29.8. The molecule has 1 heterocycles. The van der Waals surface area contributed by atoms with Crippen molar-refractivity contribution < 1.29 is 24.3 Å². The second-order valence-electron chi connectivity index (χ2n) is 5.16. The van der Waals surface area contributed by atoms with Crippen molar-refractivity contribution in [2.45, 2.75) is 19.4 Å². The number of piperidine rings is 1. The summed E-state index contributed by atoms with van der Waals surface area (Å²) in [6.07, 6.45) is -0.0544. The lowest BCUT2D eigenvalue weighted by molar-refractivity contribution is -0.384. The van der Waals surface area contributed by atoms with Gasteiger partial charge >= 0.3 is 5.97 Å². The Bertz CT molecular complexity index is 592. The van der Waals surface area contributed by atoms with Gasteiger partial charge in [-0.25, -0.2) is 9.18 Å². The van der Waals surface area contributed by atoms with Gasteiger partial charge < -0.3 is 15.1 Å². The van der Waals surface area contributed by atoms with Crippen LogP contribution in [0.1, 0.15) is 23.7 Å². The van der Waals surface area contributed by atoms with E-state index < -0.39 is 34.1 Å². The fourth-order valence-electron chi connectivity index (χ4n) is 2.38. The number of anilines is 1. The van der Waals surface area contributed by atoms with Gasteiger partial charge in [-0.05, 0) is 12.3 Å². The number of aliphatic hydroxyl groups excluding tert-OH is 1. The molecule has 1 aliphatic rings. The highest BCUT2D eigenvalue weighted by Gasteiger charge is 2.30. The molecule has 0 bridgehead atoms. The van der Waals surface area contributed by atoms with E-state index in [1.165, 1.54) is 4.90 Å². The van der Waals surface area contributed by atoms with Crippen molar-refractivity contribution in [3.8, 4) is 0 Å². The quantitative estimate of drug-likeness (QED) is 0.649. The van der Waals surface area contributed by atoms with Crippen molar-refractivity contribution >= 4 is 17.3 Å². The SMILES string of the molecule is CC1CCN(c2cc(F)c(C(=O)O)cc2[N+](=O)[O-])CC1O. The molecule has 8 heteroatoms. The van der Waals surface area contributed by atoms with Crippen LogP contribution in [-0.2, 0) is 0 Å². The number of nitro groups is 1. The number of carboxylic acid groups (broad SMARTS) is 1. The Morgan fingerprint density at radius 3 is 2.71 bits per heavy atom. The van der Waals surface area contributed by atoms with E-state index in [0.29, 0.717) is 13.0 Å². The van der Waals surface area contributed by atoms with Crippen LogP contribution >= 0.6 is 0 Å². The molecule has 2 N–H and O–H groups in total. The molecule has 2 unspecified atom stereocenters. The molecule has 114 valence electrons. The summed E-state index contributed by atoms with van der Waals surface area (Å²) >= 11 is 0. The molecule has 1 saturated heterocycles. The zero-order valence-electron chi connectivity index (χ0n) is 11.3. The highest BCUT2D eigenvalue weighted by Crippen LogP contribution is 2.33. The van der Waals surface area contributed by atoms with Gasteiger partial charge in [0.1, 0.15) is 17.1 Å². The van der Waals surface area contributed by atoms with E-state index in [-0.39, 0.29) is 18.2 Å². The number of nitro benzene ring substituents is 1. The summed E-state index contributed by atoms with van der Waals surface area (Å²) in [4.78, 5) is 22.7. The van der Waals surface area contributed by atoms with Crippen LogP contribution in [0.4, 0.5) is 15.8 Å². The molecule has 0 aromatic heterocycles. The summed E-state index contributed by atoms with van der Waals surface area (Å²) < 4.78 is 13.8. The predicted octanol–water partition coefficient (Wildman–Crippen LogP) is 1.64. The smallest absolute Gasteiger partial charge is 0.338 e. The molecule has 0 amide bonds. The molecule has 1 aliphatic heterocycles. The Kier molecular flexibility index (Phi) is 4.08. The maximum atomic E-state index is 13.8. The predicted molar refractivity (Wildman–Crippen MR) is 72.0 cm³/mol. The van der Waals surface area contributed by atoms with E-state index in [0.717, 1.165) is 12.1 Å². The van der Waals surface area contributed by atoms with Crippen LogP contribution in [0, 0.1) is 21.8 Å². The van der Waals surface area contributed by atoms with E-state index in [1.807, 2.05) is 6.92 Å². The molecule has 2 rings (SSSR count). The molecule has 1 fully saturated rings. The molecular formula is C13H15FN2O5. The second-order valence-corrected chi connectivity index (χ2v) is 5.16. The summed E-state index contributed by atoms with van der Waals surface area (Å²) in [5.41, 5.74) is -1.22. The monoisotopic (exact) mass is 298 g/mol. The van der Waals surface area contributed by atoms with Crippen molar-refractivity contribution in [2.75, 3.05) is 18.0 Å². The average molecular weight is 298 g/mol. The number of aliphatic hydroxyl groups is 1. The summed E-state index contributed by atoms with van der Waals surface area (Å²) in [6, 6.07) is 1.57. The minimum Gasteiger partial charge on any atom is -0.478 e. The van der Waals surface area contributed by atoms with E-state index in [9.17, 15) is 24.4 Å². The third-order valence-electron chi connectivity index (χ3n) is 3.75. The second kappa shape index (κ2) is 5.65. The van der Waals surface area contributed by atoms with Crippen molar-refractivity contribution in [3.63, 3.8) is 0 Å². The van der Waals surface area contributed by atoms with Crippen LogP contribution in [-0.4, -0.2) is 40.3 Å². The molecule has 2 atom stereocenters. The molecule has 1 aromatic rings. The Hall–Kier alpha value is -2.22. The fourth-order valence-corrected chi connectivity index (χ4v) is 2.38. The van der Waals surface area contributed by atoms with E-state index in [4.69, 9.17) is 5.11 Å². The van der Waals surface area contributed by atoms with Crippen LogP contribution in [0.3, 0.4) is 0 Å². The normalized spacial score (nSPS) is 22.1. The first-order valence-corrected chi connectivity index (χ1v) is 6.45. The fraction of sp³-hybridized carbons (Fsp3) is 0.462. The Balaban J connectivity index is 2.45. The zero-order valence-corrected chi connectivity index (χ0v) is 11.3. The maximum absolute atomic E-state index is 13.8. The van der Waals surface area contributed by atoms with E-state index in [2.05, 4.69) is 0 Å². The van der Waals surface area contributed by atoms with Crippen LogP contribution in [0.15, 0.2) is 12.1 Å². The first-order chi connectivity index (χ1) is 9.81. The van der Waals surface area contributed by atoms with Crippen molar-refractivity contribution in [2.24, 2.45) is 5.92 Å². The number of hydrogen-bond acceptors (Lipinski definition) is 5. The number of rotatable bonds is 3. The number of aromatic carboxylic acids is 1. The molecule has 1 aromatic carbocycles. The van der Waals surface area contributed by atoms with Gasteiger partial charge in [0.05, 0.1) is 11.0 Å². The van der Waals surface area contributed by atoms with E-state index >= 15 is 0 Å². The topological polar surface area (TPSA) is 104 Å². The van der Waals surface area contributed by atoms with E-state index in [1.54, 1.807) is 0 Å². The van der Waals surface area contributed by atoms with Gasteiger partial charge in [-0.3, -0.25) is 10.1 Å². The zero-order chi connectivity index (χ0) is 15.7. The number of halogens is 1. The molecule has 0 aliphatic carbocycles. The molecular weight excluding hydrogens is 283 g/mol. The van der Waals surface area contributed by atoms with Gasteiger partial charge in [0.2, 0.25) is 0 Å². The summed E-state index contributed by atoms with van der Waals surface area (Å²) in [7, 11) is 0. The lowest BCUT2D eigenvalue weighted by atomic mass is 9.95. The third kappa shape index (κ3) is 2.94. The van der Waals surface area contributed by atoms with Gasteiger partial charge in [-0.2, -0.15) is 0 Å². The Labute approximate surface area is 119 Å². The number of benzene rings is 1. The maximum Gasteiger partial charge on any atom is 0.338 e. The number of nitrogens with zero attached hydrogens (tertiary/aromatic N) is 2. The highest BCUT2D eigenvalue weighted by molar-refractivity contribution is 5.90. The summed E-state index contributed by atoms with van der Waals surface area (Å²) in [6.45, 7) is 2.45. The molecule has 0 spiro atoms. The number of carbonyl (C=O) groups is 1. The average Bonchev–Trinajstić information content (AvgIpc) is 2.40. The van der Waals surface area contributed by atoms with Gasteiger partial charge in [-0.15, -0.1) is 0 Å². The molecule has 21 heavy (non-hydrogen) atoms. The largest absolute Gasteiger partial charge is 0.478 e. The molecule has 7 nitrogen and oxygen atoms in total. The minimum atomic E-state index is -1.56. The Morgan fingerprint density at radius 1 is 1.52 bits per heavy atom. The number of β-amino-alcohol motifs (C(OH)–C–C–N with tert-alkyl or cyclic N) is 1. The lowest BCUT2D eigenvalue weighted by Crippen LogP contribution is -2.43. The van der Waals surface area contributed by atoms with Gasteiger partial charge in [0, 0.05) is 25.2 Å². The van der Waals surface area contributed by atoms with Crippen LogP contribution < -0.4 is 4.90 Å². The number of carboxylic acids is 1. The van der Waals surface area contributed by atoms with Crippen molar-refractivity contribution in [1.29, 1.82) is 0 Å². The van der Waals surface area contributed by atoms with Crippen LogP contribution in [0.25, 0.3) is 0 Å². The Morgan fingerprint density at radius 2 is 2.19 bits per heavy atom. The third-order valence-corrected chi connectivity index (χ3v) is 3.75. The first-order valence-electron chi connectivity index (χ1n) is 6.45.